The molecule has 2 aliphatic heterocycles. The van der Waals surface area contributed by atoms with Crippen molar-refractivity contribution in [3.63, 3.8) is 0 Å². The Labute approximate surface area is 356 Å². The average Bonchev–Trinajstić information content (AvgIpc) is 3.68. The molecule has 10 heteroatoms. The van der Waals surface area contributed by atoms with Crippen molar-refractivity contribution in [3.8, 4) is 22.3 Å². The first-order chi connectivity index (χ1) is 28.3. The molecule has 318 valence electrons. The molecule has 0 radical (unpaired) electrons. The predicted octanol–water partition coefficient (Wildman–Crippen LogP) is 9.96. The third kappa shape index (κ3) is 12.2. The van der Waals surface area contributed by atoms with Gasteiger partial charge in [0.2, 0.25) is 5.91 Å². The van der Waals surface area contributed by atoms with Crippen LogP contribution in [0.2, 0.25) is 0 Å². The molecule has 2 saturated heterocycles. The highest BCUT2D eigenvalue weighted by atomic mass is 16.6. The first-order valence-electron chi connectivity index (χ1n) is 20.6. The fourth-order valence-corrected chi connectivity index (χ4v) is 7.49. The standard InChI is InChI=1S/C25H30N2O3.C25H31NO4/c1-25(2,3)30-24(29)27-22(16-21(23(27)28)17-26(4)5)15-18-11-13-20(14-12-18)19-9-7-6-8-10-19;1-17(29-5)22-16-21(26(23(22)27)24(28)30-25(2,3)4)15-18-11-13-20(14-12-18)19-9-7-6-8-10-19/h6-14,17,22H,15-16H2,1-5H3;6-14,17,21-22H,15-16H2,1-5H3/t22-;17?,21-,22?/m11/s1. The molecule has 10 nitrogen and oxygen atoms in total. The molecule has 4 amide bonds. The molecule has 0 spiro atoms. The largest absolute Gasteiger partial charge is 0.443 e. The molecule has 2 heterocycles. The molecule has 0 aromatic heterocycles. The number of hydrogen-bond donors (Lipinski definition) is 0. The predicted molar refractivity (Wildman–Crippen MR) is 236 cm³/mol. The number of methoxy groups -OCH3 is 1. The van der Waals surface area contributed by atoms with Crippen LogP contribution < -0.4 is 0 Å². The van der Waals surface area contributed by atoms with Crippen molar-refractivity contribution >= 4 is 24.0 Å². The third-order valence-corrected chi connectivity index (χ3v) is 10.4. The van der Waals surface area contributed by atoms with Crippen molar-refractivity contribution in [2.24, 2.45) is 5.92 Å². The topological polar surface area (TPSA) is 106 Å². The van der Waals surface area contributed by atoms with Gasteiger partial charge in [-0.3, -0.25) is 9.59 Å². The molecule has 0 N–H and O–H groups in total. The van der Waals surface area contributed by atoms with Gasteiger partial charge in [0.25, 0.3) is 5.91 Å². The molecule has 2 fully saturated rings. The summed E-state index contributed by atoms with van der Waals surface area (Å²) < 4.78 is 16.4. The number of imide groups is 2. The Morgan fingerprint density at radius 1 is 0.667 bits per heavy atom. The van der Waals surface area contributed by atoms with Gasteiger partial charge in [-0.2, -0.15) is 0 Å². The Morgan fingerprint density at radius 3 is 1.50 bits per heavy atom. The molecule has 0 saturated carbocycles. The highest BCUT2D eigenvalue weighted by molar-refractivity contribution is 6.05. The van der Waals surface area contributed by atoms with E-state index in [2.05, 4.69) is 72.8 Å². The fraction of sp³-hybridized carbons (Fsp3) is 0.400. The number of carbonyl (C=O) groups is 4. The maximum atomic E-state index is 13.0. The van der Waals surface area contributed by atoms with Gasteiger partial charge in [0.15, 0.2) is 0 Å². The maximum absolute atomic E-state index is 13.0. The van der Waals surface area contributed by atoms with Crippen LogP contribution in [0, 0.1) is 5.92 Å². The van der Waals surface area contributed by atoms with Gasteiger partial charge in [-0.25, -0.2) is 19.4 Å². The summed E-state index contributed by atoms with van der Waals surface area (Å²) in [5.74, 6) is -0.843. The van der Waals surface area contributed by atoms with Crippen LogP contribution in [0.1, 0.15) is 72.4 Å². The second-order valence-corrected chi connectivity index (χ2v) is 17.8. The number of ether oxygens (including phenoxy) is 3. The fourth-order valence-electron chi connectivity index (χ4n) is 7.49. The summed E-state index contributed by atoms with van der Waals surface area (Å²) >= 11 is 0. The van der Waals surface area contributed by atoms with Crippen LogP contribution >= 0.6 is 0 Å². The minimum absolute atomic E-state index is 0.218. The van der Waals surface area contributed by atoms with Gasteiger partial charge in [-0.05, 0) is 101 Å². The number of carbonyl (C=O) groups excluding carboxylic acids is 4. The van der Waals surface area contributed by atoms with Gasteiger partial charge in [0, 0.05) is 45.4 Å². The zero-order valence-corrected chi connectivity index (χ0v) is 36.8. The molecule has 60 heavy (non-hydrogen) atoms. The summed E-state index contributed by atoms with van der Waals surface area (Å²) in [4.78, 5) is 56.0. The lowest BCUT2D eigenvalue weighted by Gasteiger charge is -2.27. The van der Waals surface area contributed by atoms with E-state index in [1.54, 1.807) is 54.9 Å². The minimum atomic E-state index is -0.662. The summed E-state index contributed by atoms with van der Waals surface area (Å²) in [5, 5.41) is 0. The summed E-state index contributed by atoms with van der Waals surface area (Å²) in [7, 11) is 5.33. The summed E-state index contributed by atoms with van der Waals surface area (Å²) in [6.07, 6.45) is 2.62. The van der Waals surface area contributed by atoms with Crippen LogP contribution in [0.4, 0.5) is 9.59 Å². The van der Waals surface area contributed by atoms with Crippen LogP contribution in [-0.4, -0.2) is 89.3 Å². The number of likely N-dealkylation sites (tertiary alicyclic amines) is 2. The molecule has 2 aliphatic rings. The van der Waals surface area contributed by atoms with Gasteiger partial charge in [0.1, 0.15) is 11.2 Å². The van der Waals surface area contributed by atoms with Crippen molar-refractivity contribution < 1.29 is 33.4 Å². The number of benzene rings is 4. The number of nitrogens with zero attached hydrogens (tertiary/aromatic N) is 3. The number of hydrogen-bond acceptors (Lipinski definition) is 8. The van der Waals surface area contributed by atoms with E-state index in [0.29, 0.717) is 31.3 Å². The van der Waals surface area contributed by atoms with E-state index in [-0.39, 0.29) is 35.9 Å². The number of amides is 4. The lowest BCUT2D eigenvalue weighted by molar-refractivity contribution is -0.134. The first-order valence-corrected chi connectivity index (χ1v) is 20.6. The van der Waals surface area contributed by atoms with Crippen LogP contribution in [0.3, 0.4) is 0 Å². The molecule has 2 unspecified atom stereocenters. The molecule has 4 atom stereocenters. The second kappa shape index (κ2) is 19.5. The molecule has 0 aliphatic carbocycles. The van der Waals surface area contributed by atoms with Crippen molar-refractivity contribution in [1.29, 1.82) is 0 Å². The normalized spacial score (nSPS) is 19.2. The van der Waals surface area contributed by atoms with E-state index in [4.69, 9.17) is 14.2 Å². The highest BCUT2D eigenvalue weighted by Crippen LogP contribution is 2.33. The molecule has 4 aromatic rings. The Morgan fingerprint density at radius 2 is 1.08 bits per heavy atom. The van der Waals surface area contributed by atoms with E-state index in [0.717, 1.165) is 33.4 Å². The lowest BCUT2D eigenvalue weighted by atomic mass is 9.95. The van der Waals surface area contributed by atoms with Crippen LogP contribution in [0.5, 0.6) is 0 Å². The van der Waals surface area contributed by atoms with Gasteiger partial charge in [-0.15, -0.1) is 0 Å². The second-order valence-electron chi connectivity index (χ2n) is 17.8. The average molecular weight is 816 g/mol. The highest BCUT2D eigenvalue weighted by Gasteiger charge is 2.47. The molecule has 4 aromatic carbocycles. The number of rotatable bonds is 9. The lowest BCUT2D eigenvalue weighted by Crippen LogP contribution is -2.44. The molecule has 0 bridgehead atoms. The molecule has 6 rings (SSSR count). The molecular formula is C50H61N3O7. The van der Waals surface area contributed by atoms with E-state index in [1.807, 2.05) is 62.3 Å². The van der Waals surface area contributed by atoms with E-state index in [9.17, 15) is 19.2 Å². The third-order valence-electron chi connectivity index (χ3n) is 10.4. The van der Waals surface area contributed by atoms with E-state index >= 15 is 0 Å². The zero-order chi connectivity index (χ0) is 43.8. The Kier molecular flexibility index (Phi) is 14.8. The molecular weight excluding hydrogens is 755 g/mol. The van der Waals surface area contributed by atoms with Gasteiger partial charge in [-0.1, -0.05) is 109 Å². The summed E-state index contributed by atoms with van der Waals surface area (Å²) in [5.41, 5.74) is 6.04. The summed E-state index contributed by atoms with van der Waals surface area (Å²) in [6.45, 7) is 12.7. The van der Waals surface area contributed by atoms with Crippen molar-refractivity contribution in [3.05, 3.63) is 132 Å². The van der Waals surface area contributed by atoms with Crippen molar-refractivity contribution in [2.75, 3.05) is 21.2 Å². The smallest absolute Gasteiger partial charge is 0.417 e. The van der Waals surface area contributed by atoms with E-state index in [1.165, 1.54) is 9.80 Å². The maximum Gasteiger partial charge on any atom is 0.417 e. The Balaban J connectivity index is 0.000000228. The van der Waals surface area contributed by atoms with E-state index < -0.39 is 23.4 Å². The van der Waals surface area contributed by atoms with Crippen LogP contribution in [-0.2, 0) is 36.6 Å². The van der Waals surface area contributed by atoms with Gasteiger partial charge < -0.3 is 19.1 Å². The zero-order valence-electron chi connectivity index (χ0n) is 36.8. The SMILES string of the molecule is CN(C)C=C1C[C@@H](Cc2ccc(-c3ccccc3)cc2)N(C(=O)OC(C)(C)C)C1=O.COC(C)C1C[C@@H](Cc2ccc(-c3ccccc3)cc2)N(C(=O)OC(C)(C)C)C1=O. The van der Waals surface area contributed by atoms with Crippen LogP contribution in [0.25, 0.3) is 22.3 Å². The van der Waals surface area contributed by atoms with Crippen LogP contribution in [0.15, 0.2) is 121 Å². The van der Waals surface area contributed by atoms with Crippen molar-refractivity contribution in [1.82, 2.24) is 14.7 Å². The quantitative estimate of drug-likeness (QED) is 0.154. The van der Waals surface area contributed by atoms with Crippen molar-refractivity contribution in [2.45, 2.75) is 104 Å². The minimum Gasteiger partial charge on any atom is -0.443 e. The van der Waals surface area contributed by atoms with Gasteiger partial charge in [0.05, 0.1) is 18.1 Å². The summed E-state index contributed by atoms with van der Waals surface area (Å²) in [6, 6.07) is 36.4. The Bertz CT molecular complexity index is 2100. The Hall–Kier alpha value is -5.74. The first kappa shape index (κ1) is 45.3. The van der Waals surface area contributed by atoms with Gasteiger partial charge >= 0.3 is 12.2 Å². The monoisotopic (exact) mass is 815 g/mol.